The summed E-state index contributed by atoms with van der Waals surface area (Å²) in [6, 6.07) is 9.01. The van der Waals surface area contributed by atoms with Crippen LogP contribution in [0.2, 0.25) is 0 Å². The number of nitrogens with one attached hydrogen (secondary N) is 2. The minimum atomic E-state index is -0.766. The van der Waals surface area contributed by atoms with Crippen LogP contribution >= 0.6 is 0 Å². The second kappa shape index (κ2) is 8.96. The Labute approximate surface area is 119 Å². The quantitative estimate of drug-likeness (QED) is 0.683. The molecule has 1 aromatic carbocycles. The number of aliphatic carboxylic acids is 1. The van der Waals surface area contributed by atoms with Gasteiger partial charge in [0.2, 0.25) is 0 Å². The summed E-state index contributed by atoms with van der Waals surface area (Å²) in [6.45, 7) is 2.59. The monoisotopic (exact) mass is 278 g/mol. The number of carboxylic acid groups (broad SMARTS) is 1. The van der Waals surface area contributed by atoms with Crippen molar-refractivity contribution in [2.75, 3.05) is 11.9 Å². The van der Waals surface area contributed by atoms with Crippen molar-refractivity contribution in [1.82, 2.24) is 5.32 Å². The third kappa shape index (κ3) is 6.78. The van der Waals surface area contributed by atoms with Crippen molar-refractivity contribution in [3.63, 3.8) is 0 Å². The Morgan fingerprint density at radius 3 is 2.50 bits per heavy atom. The summed E-state index contributed by atoms with van der Waals surface area (Å²) >= 11 is 0. The predicted molar refractivity (Wildman–Crippen MR) is 78.7 cm³/mol. The Morgan fingerprint density at radius 1 is 1.20 bits per heavy atom. The normalized spacial score (nSPS) is 11.7. The summed E-state index contributed by atoms with van der Waals surface area (Å²) in [6.07, 6.45) is 2.57. The molecule has 2 amide bonds. The zero-order chi connectivity index (χ0) is 14.8. The van der Waals surface area contributed by atoms with Crippen molar-refractivity contribution in [2.45, 2.75) is 32.6 Å². The average molecular weight is 278 g/mol. The first-order chi connectivity index (χ1) is 9.61. The van der Waals surface area contributed by atoms with E-state index in [1.807, 2.05) is 37.3 Å². The Kier molecular flexibility index (Phi) is 7.17. The Hall–Kier alpha value is -2.04. The zero-order valence-corrected chi connectivity index (χ0v) is 11.8. The highest BCUT2D eigenvalue weighted by molar-refractivity contribution is 5.89. The zero-order valence-electron chi connectivity index (χ0n) is 11.8. The number of rotatable bonds is 8. The summed E-state index contributed by atoms with van der Waals surface area (Å²) in [4.78, 5) is 22.2. The van der Waals surface area contributed by atoms with E-state index < -0.39 is 5.97 Å². The van der Waals surface area contributed by atoms with Gasteiger partial charge in [0.25, 0.3) is 0 Å². The van der Waals surface area contributed by atoms with Crippen molar-refractivity contribution in [2.24, 2.45) is 5.92 Å². The van der Waals surface area contributed by atoms with Crippen LogP contribution < -0.4 is 10.6 Å². The molecule has 0 aromatic heterocycles. The molecule has 0 aliphatic heterocycles. The topological polar surface area (TPSA) is 78.4 Å². The molecule has 0 heterocycles. The van der Waals surface area contributed by atoms with E-state index >= 15 is 0 Å². The van der Waals surface area contributed by atoms with E-state index in [1.165, 1.54) is 0 Å². The van der Waals surface area contributed by atoms with Crippen molar-refractivity contribution in [3.8, 4) is 0 Å². The second-order valence-electron chi connectivity index (χ2n) is 4.74. The second-order valence-corrected chi connectivity index (χ2v) is 4.74. The summed E-state index contributed by atoms with van der Waals surface area (Å²) in [7, 11) is 0. The number of carbonyl (C=O) groups is 2. The molecule has 3 N–H and O–H groups in total. The van der Waals surface area contributed by atoms with Crippen LogP contribution in [-0.4, -0.2) is 23.7 Å². The van der Waals surface area contributed by atoms with Gasteiger partial charge in [-0.3, -0.25) is 4.79 Å². The number of anilines is 1. The van der Waals surface area contributed by atoms with Crippen LogP contribution in [0.5, 0.6) is 0 Å². The molecule has 0 bridgehead atoms. The van der Waals surface area contributed by atoms with Gasteiger partial charge >= 0.3 is 12.0 Å². The van der Waals surface area contributed by atoms with Gasteiger partial charge in [0.05, 0.1) is 0 Å². The van der Waals surface area contributed by atoms with Gasteiger partial charge < -0.3 is 15.7 Å². The van der Waals surface area contributed by atoms with Gasteiger partial charge in [-0.25, -0.2) is 4.79 Å². The highest BCUT2D eigenvalue weighted by Gasteiger charge is 2.09. The number of carboxylic acids is 1. The molecule has 0 saturated carbocycles. The van der Waals surface area contributed by atoms with Crippen LogP contribution in [0.1, 0.15) is 32.6 Å². The maximum atomic E-state index is 11.6. The van der Waals surface area contributed by atoms with Crippen LogP contribution in [0.15, 0.2) is 30.3 Å². The lowest BCUT2D eigenvalue weighted by Crippen LogP contribution is -2.30. The number of amides is 2. The summed E-state index contributed by atoms with van der Waals surface area (Å²) in [5, 5.41) is 14.2. The molecule has 20 heavy (non-hydrogen) atoms. The molecule has 0 spiro atoms. The van der Waals surface area contributed by atoms with Crippen LogP contribution in [0, 0.1) is 5.92 Å². The minimum Gasteiger partial charge on any atom is -0.481 e. The fourth-order valence-corrected chi connectivity index (χ4v) is 1.97. The van der Waals surface area contributed by atoms with Gasteiger partial charge in [-0.15, -0.1) is 0 Å². The first-order valence-corrected chi connectivity index (χ1v) is 6.93. The van der Waals surface area contributed by atoms with Gasteiger partial charge in [-0.1, -0.05) is 31.5 Å². The SMILES string of the molecule is CCC(CCNC(=O)Nc1ccccc1)CCC(=O)O. The van der Waals surface area contributed by atoms with Crippen LogP contribution in [0.4, 0.5) is 10.5 Å². The third-order valence-corrected chi connectivity index (χ3v) is 3.21. The molecule has 0 radical (unpaired) electrons. The summed E-state index contributed by atoms with van der Waals surface area (Å²) < 4.78 is 0. The lowest BCUT2D eigenvalue weighted by molar-refractivity contribution is -0.137. The number of urea groups is 1. The number of hydrogen-bond acceptors (Lipinski definition) is 2. The molecular weight excluding hydrogens is 256 g/mol. The van der Waals surface area contributed by atoms with Crippen molar-refractivity contribution < 1.29 is 14.7 Å². The van der Waals surface area contributed by atoms with E-state index in [0.717, 1.165) is 18.5 Å². The van der Waals surface area contributed by atoms with Crippen molar-refractivity contribution in [3.05, 3.63) is 30.3 Å². The van der Waals surface area contributed by atoms with Gasteiger partial charge in [-0.05, 0) is 30.9 Å². The molecule has 0 aliphatic rings. The maximum absolute atomic E-state index is 11.6. The van der Waals surface area contributed by atoms with Crippen molar-refractivity contribution in [1.29, 1.82) is 0 Å². The molecule has 0 aliphatic carbocycles. The molecule has 5 nitrogen and oxygen atoms in total. The fraction of sp³-hybridized carbons (Fsp3) is 0.467. The van der Waals surface area contributed by atoms with E-state index in [2.05, 4.69) is 10.6 Å². The Bertz CT molecular complexity index is 420. The smallest absolute Gasteiger partial charge is 0.319 e. The first-order valence-electron chi connectivity index (χ1n) is 6.93. The Morgan fingerprint density at radius 2 is 1.90 bits per heavy atom. The van der Waals surface area contributed by atoms with Gasteiger partial charge in [0, 0.05) is 18.7 Å². The molecule has 1 rings (SSSR count). The number of hydrogen-bond donors (Lipinski definition) is 3. The van der Waals surface area contributed by atoms with E-state index in [4.69, 9.17) is 5.11 Å². The lowest BCUT2D eigenvalue weighted by Gasteiger charge is -2.14. The van der Waals surface area contributed by atoms with Gasteiger partial charge in [0.1, 0.15) is 0 Å². The number of carbonyl (C=O) groups excluding carboxylic acids is 1. The van der Waals surface area contributed by atoms with E-state index in [-0.39, 0.29) is 12.5 Å². The van der Waals surface area contributed by atoms with E-state index in [0.29, 0.717) is 18.9 Å². The Balaban J connectivity index is 2.21. The molecule has 1 atom stereocenters. The number of para-hydroxylation sites is 1. The van der Waals surface area contributed by atoms with E-state index in [1.54, 1.807) is 0 Å². The van der Waals surface area contributed by atoms with Crippen LogP contribution in [0.25, 0.3) is 0 Å². The van der Waals surface area contributed by atoms with Gasteiger partial charge in [0.15, 0.2) is 0 Å². The predicted octanol–water partition coefficient (Wildman–Crippen LogP) is 3.09. The molecule has 110 valence electrons. The molecule has 1 unspecified atom stereocenters. The molecule has 5 heteroatoms. The van der Waals surface area contributed by atoms with Crippen LogP contribution in [0.3, 0.4) is 0 Å². The molecule has 0 saturated heterocycles. The summed E-state index contributed by atoms with van der Waals surface area (Å²) in [5.41, 5.74) is 0.753. The van der Waals surface area contributed by atoms with Gasteiger partial charge in [-0.2, -0.15) is 0 Å². The fourth-order valence-electron chi connectivity index (χ4n) is 1.97. The molecule has 1 aromatic rings. The lowest BCUT2D eigenvalue weighted by atomic mass is 9.97. The maximum Gasteiger partial charge on any atom is 0.319 e. The first kappa shape index (κ1) is 16.0. The third-order valence-electron chi connectivity index (χ3n) is 3.21. The molecule has 0 fully saturated rings. The standard InChI is InChI=1S/C15H22N2O3/c1-2-12(8-9-14(18)19)10-11-16-15(20)17-13-6-4-3-5-7-13/h3-7,12H,2,8-11H2,1H3,(H,18,19)(H2,16,17,20). The summed E-state index contributed by atoms with van der Waals surface area (Å²) in [5.74, 6) is -0.429. The van der Waals surface area contributed by atoms with Crippen LogP contribution in [-0.2, 0) is 4.79 Å². The highest BCUT2D eigenvalue weighted by atomic mass is 16.4. The number of benzene rings is 1. The van der Waals surface area contributed by atoms with E-state index in [9.17, 15) is 9.59 Å². The highest BCUT2D eigenvalue weighted by Crippen LogP contribution is 2.14. The average Bonchev–Trinajstić information content (AvgIpc) is 2.43. The minimum absolute atomic E-state index is 0.189. The van der Waals surface area contributed by atoms with Crippen molar-refractivity contribution >= 4 is 17.7 Å². The largest absolute Gasteiger partial charge is 0.481 e. The molecular formula is C15H22N2O3.